The summed E-state index contributed by atoms with van der Waals surface area (Å²) in [6, 6.07) is 73.0. The van der Waals surface area contributed by atoms with Gasteiger partial charge in [0.25, 0.3) is 0 Å². The van der Waals surface area contributed by atoms with Crippen molar-refractivity contribution < 1.29 is 4.42 Å². The van der Waals surface area contributed by atoms with Crippen LogP contribution < -0.4 is 0 Å². The lowest BCUT2D eigenvalue weighted by atomic mass is 9.91. The predicted octanol–water partition coefficient (Wildman–Crippen LogP) is 14.7. The van der Waals surface area contributed by atoms with Crippen LogP contribution in [-0.4, -0.2) is 9.97 Å². The van der Waals surface area contributed by atoms with Gasteiger partial charge in [-0.3, -0.25) is 0 Å². The van der Waals surface area contributed by atoms with Crippen LogP contribution in [0.15, 0.2) is 211 Å². The molecule has 0 aliphatic carbocycles. The van der Waals surface area contributed by atoms with Gasteiger partial charge in [-0.25, -0.2) is 9.97 Å². The summed E-state index contributed by atoms with van der Waals surface area (Å²) in [5.74, 6) is 0.682. The fourth-order valence-electron chi connectivity index (χ4n) is 8.26. The first-order valence-electron chi connectivity index (χ1n) is 19.3. The van der Waals surface area contributed by atoms with E-state index in [1.165, 1.54) is 32.7 Å². The molecule has 3 nitrogen and oxygen atoms in total. The number of para-hydroxylation sites is 1. The maximum Gasteiger partial charge on any atom is 0.160 e. The molecule has 9 aromatic carbocycles. The molecule has 266 valence electrons. The van der Waals surface area contributed by atoms with Gasteiger partial charge in [-0.2, -0.15) is 0 Å². The summed E-state index contributed by atoms with van der Waals surface area (Å²) in [7, 11) is 0. The number of hydrogen-bond acceptors (Lipinski definition) is 3. The minimum atomic E-state index is 0.682. The van der Waals surface area contributed by atoms with Gasteiger partial charge in [0.05, 0.1) is 11.4 Å². The molecule has 0 bridgehead atoms. The van der Waals surface area contributed by atoms with Crippen LogP contribution >= 0.6 is 0 Å². The molecular weight excluding hydrogens is 693 g/mol. The van der Waals surface area contributed by atoms with E-state index in [9.17, 15) is 0 Å². The second kappa shape index (κ2) is 13.6. The molecule has 0 unspecified atom stereocenters. The molecule has 3 heteroatoms. The van der Waals surface area contributed by atoms with Crippen molar-refractivity contribution in [2.75, 3.05) is 0 Å². The quantitative estimate of drug-likeness (QED) is 0.171. The van der Waals surface area contributed by atoms with Crippen molar-refractivity contribution in [3.8, 4) is 67.3 Å². The number of hydrogen-bond donors (Lipinski definition) is 0. The van der Waals surface area contributed by atoms with Crippen molar-refractivity contribution in [2.24, 2.45) is 0 Å². The Balaban J connectivity index is 1.13. The van der Waals surface area contributed by atoms with Gasteiger partial charge in [0, 0.05) is 27.5 Å². The van der Waals surface area contributed by atoms with E-state index in [-0.39, 0.29) is 0 Å². The first kappa shape index (κ1) is 32.8. The lowest BCUT2D eigenvalue weighted by Gasteiger charge is -2.15. The Morgan fingerprint density at radius 2 is 0.807 bits per heavy atom. The van der Waals surface area contributed by atoms with Crippen LogP contribution in [0.1, 0.15) is 0 Å². The summed E-state index contributed by atoms with van der Waals surface area (Å²) >= 11 is 0. The van der Waals surface area contributed by atoms with E-state index in [2.05, 4.69) is 176 Å². The topological polar surface area (TPSA) is 38.9 Å². The van der Waals surface area contributed by atoms with Gasteiger partial charge in [-0.05, 0) is 103 Å². The van der Waals surface area contributed by atoms with E-state index in [0.29, 0.717) is 5.82 Å². The van der Waals surface area contributed by atoms with E-state index in [1.54, 1.807) is 0 Å². The number of rotatable bonds is 6. The van der Waals surface area contributed by atoms with E-state index in [1.807, 2.05) is 30.3 Å². The third-order valence-electron chi connectivity index (χ3n) is 11.1. The van der Waals surface area contributed by atoms with Crippen molar-refractivity contribution >= 4 is 43.5 Å². The fourth-order valence-corrected chi connectivity index (χ4v) is 8.26. The van der Waals surface area contributed by atoms with Crippen molar-refractivity contribution in [1.29, 1.82) is 0 Å². The first-order chi connectivity index (χ1) is 28.2. The van der Waals surface area contributed by atoms with Gasteiger partial charge in [-0.15, -0.1) is 0 Å². The summed E-state index contributed by atoms with van der Waals surface area (Å²) in [5, 5.41) is 7.07. The average Bonchev–Trinajstić information content (AvgIpc) is 3.67. The van der Waals surface area contributed by atoms with E-state index in [4.69, 9.17) is 14.4 Å². The molecular formula is C54H34N2O. The second-order valence-corrected chi connectivity index (χ2v) is 14.6. The maximum absolute atomic E-state index is 6.23. The van der Waals surface area contributed by atoms with E-state index in [0.717, 1.165) is 72.3 Å². The normalized spacial score (nSPS) is 11.5. The highest BCUT2D eigenvalue weighted by Crippen LogP contribution is 2.39. The molecule has 0 saturated carbocycles. The molecule has 57 heavy (non-hydrogen) atoms. The van der Waals surface area contributed by atoms with Gasteiger partial charge in [-0.1, -0.05) is 158 Å². The Kier molecular flexibility index (Phi) is 7.82. The molecule has 0 radical (unpaired) electrons. The van der Waals surface area contributed by atoms with Crippen LogP contribution in [0.3, 0.4) is 0 Å². The zero-order valence-corrected chi connectivity index (χ0v) is 30.9. The zero-order valence-electron chi connectivity index (χ0n) is 30.9. The van der Waals surface area contributed by atoms with Gasteiger partial charge in [0.15, 0.2) is 5.82 Å². The van der Waals surface area contributed by atoms with Gasteiger partial charge >= 0.3 is 0 Å². The highest BCUT2D eigenvalue weighted by atomic mass is 16.3. The minimum Gasteiger partial charge on any atom is -0.456 e. The summed E-state index contributed by atoms with van der Waals surface area (Å²) in [6.45, 7) is 0. The fraction of sp³-hybridized carbons (Fsp3) is 0. The van der Waals surface area contributed by atoms with Crippen molar-refractivity contribution in [2.45, 2.75) is 0 Å². The Morgan fingerprint density at radius 1 is 0.281 bits per heavy atom. The third-order valence-corrected chi connectivity index (χ3v) is 11.1. The first-order valence-corrected chi connectivity index (χ1v) is 19.3. The lowest BCUT2D eigenvalue weighted by Crippen LogP contribution is -1.97. The summed E-state index contributed by atoms with van der Waals surface area (Å²) in [4.78, 5) is 10.5. The van der Waals surface area contributed by atoms with Crippen LogP contribution in [0.5, 0.6) is 0 Å². The summed E-state index contributed by atoms with van der Waals surface area (Å²) in [5.41, 5.74) is 13.3. The number of furan rings is 1. The molecule has 11 rings (SSSR count). The molecule has 0 fully saturated rings. The van der Waals surface area contributed by atoms with Crippen molar-refractivity contribution in [3.63, 3.8) is 0 Å². The van der Waals surface area contributed by atoms with Crippen LogP contribution in [0.4, 0.5) is 0 Å². The molecule has 0 spiro atoms. The van der Waals surface area contributed by atoms with Gasteiger partial charge in [0.2, 0.25) is 0 Å². The molecule has 2 heterocycles. The summed E-state index contributed by atoms with van der Waals surface area (Å²) < 4.78 is 6.23. The monoisotopic (exact) mass is 726 g/mol. The van der Waals surface area contributed by atoms with Crippen molar-refractivity contribution in [3.05, 3.63) is 206 Å². The van der Waals surface area contributed by atoms with Crippen molar-refractivity contribution in [1.82, 2.24) is 9.97 Å². The maximum atomic E-state index is 6.23. The van der Waals surface area contributed by atoms with Crippen LogP contribution in [0.2, 0.25) is 0 Å². The number of fused-ring (bicyclic) bond motifs is 5. The molecule has 0 amide bonds. The lowest BCUT2D eigenvalue weighted by molar-refractivity contribution is 0.669. The standard InChI is InChI=1S/C54H34N2O/c1-2-15-37(16-3-1)54-55-50(40-20-10-19-39(29-40)46-24-11-17-35-13-4-6-21-44(35)46)34-51(56-54)43-31-41(30-42(32-43)47-25-12-18-36-14-5-7-22-45(36)47)38-27-28-53-49(33-38)48-23-8-9-26-52(48)57-53/h1-34H. The van der Waals surface area contributed by atoms with E-state index >= 15 is 0 Å². The van der Waals surface area contributed by atoms with Crippen LogP contribution in [0.25, 0.3) is 111 Å². The SMILES string of the molecule is c1ccc(-c2nc(-c3cccc(-c4cccc5ccccc45)c3)cc(-c3cc(-c4ccc5oc6ccccc6c5c4)cc(-c4cccc5ccccc45)c3)n2)cc1. The zero-order chi connectivity index (χ0) is 37.7. The Hall–Kier alpha value is -7.62. The predicted molar refractivity (Wildman–Crippen MR) is 237 cm³/mol. The molecule has 0 saturated heterocycles. The van der Waals surface area contributed by atoms with E-state index < -0.39 is 0 Å². The molecule has 0 aliphatic heterocycles. The minimum absolute atomic E-state index is 0.682. The number of aromatic nitrogens is 2. The molecule has 0 N–H and O–H groups in total. The van der Waals surface area contributed by atoms with Gasteiger partial charge in [0.1, 0.15) is 11.2 Å². The third kappa shape index (κ3) is 5.94. The molecule has 0 aliphatic rings. The van der Waals surface area contributed by atoms with Gasteiger partial charge < -0.3 is 4.42 Å². The van der Waals surface area contributed by atoms with Crippen LogP contribution in [-0.2, 0) is 0 Å². The number of nitrogens with zero attached hydrogens (tertiary/aromatic N) is 2. The number of benzene rings is 9. The average molecular weight is 727 g/mol. The highest BCUT2D eigenvalue weighted by Gasteiger charge is 2.16. The smallest absolute Gasteiger partial charge is 0.160 e. The van der Waals surface area contributed by atoms with Crippen LogP contribution in [0, 0.1) is 0 Å². The Bertz CT molecular complexity index is 3300. The molecule has 2 aromatic heterocycles. The highest BCUT2D eigenvalue weighted by molar-refractivity contribution is 6.07. The molecule has 0 atom stereocenters. The second-order valence-electron chi connectivity index (χ2n) is 14.6. The summed E-state index contributed by atoms with van der Waals surface area (Å²) in [6.07, 6.45) is 0. The largest absolute Gasteiger partial charge is 0.456 e. The Labute approximate surface area is 330 Å². The molecule has 11 aromatic rings. The Morgan fingerprint density at radius 3 is 1.58 bits per heavy atom.